The molecule has 0 radical (unpaired) electrons. The molecule has 1 aliphatic carbocycles. The van der Waals surface area contributed by atoms with Crippen LogP contribution >= 0.6 is 0 Å². The molecule has 1 saturated heterocycles. The normalized spacial score (nSPS) is 20.2. The number of benzene rings is 1. The molecule has 2 aliphatic rings. The molecular formula is C20H27N3O. The minimum atomic E-state index is 0.0936. The van der Waals surface area contributed by atoms with Crippen LogP contribution in [-0.2, 0) is 0 Å². The predicted molar refractivity (Wildman–Crippen MR) is 98.8 cm³/mol. The Morgan fingerprint density at radius 3 is 2.17 bits per heavy atom. The second-order valence-electron chi connectivity index (χ2n) is 7.31. The number of hydrogen-bond acceptors (Lipinski definition) is 3. The minimum absolute atomic E-state index is 0.0936. The van der Waals surface area contributed by atoms with Gasteiger partial charge in [-0.1, -0.05) is 50.3 Å². The van der Waals surface area contributed by atoms with Crippen LogP contribution in [0, 0.1) is 0 Å². The van der Waals surface area contributed by atoms with Crippen LogP contribution in [0.3, 0.4) is 0 Å². The zero-order chi connectivity index (χ0) is 16.4. The van der Waals surface area contributed by atoms with E-state index in [-0.39, 0.29) is 11.6 Å². The fourth-order valence-electron chi connectivity index (χ4n) is 4.28. The van der Waals surface area contributed by atoms with Gasteiger partial charge in [0.2, 0.25) is 0 Å². The molecule has 4 heteroatoms. The zero-order valence-electron chi connectivity index (χ0n) is 14.4. The number of hydrogen-bond donors (Lipinski definition) is 0. The molecule has 0 atom stereocenters. The van der Waals surface area contributed by atoms with Gasteiger partial charge in [0.25, 0.3) is 5.56 Å². The molecule has 1 aromatic heterocycles. The molecule has 0 N–H and O–H groups in total. The monoisotopic (exact) mass is 325 g/mol. The van der Waals surface area contributed by atoms with Crippen LogP contribution in [0.25, 0.3) is 10.8 Å². The van der Waals surface area contributed by atoms with E-state index in [1.54, 1.807) is 0 Å². The lowest BCUT2D eigenvalue weighted by Gasteiger charge is -2.27. The lowest BCUT2D eigenvalue weighted by atomic mass is 9.95. The summed E-state index contributed by atoms with van der Waals surface area (Å²) in [6.45, 7) is 2.11. The van der Waals surface area contributed by atoms with Crippen molar-refractivity contribution in [2.75, 3.05) is 18.0 Å². The van der Waals surface area contributed by atoms with Gasteiger partial charge in [-0.05, 0) is 31.7 Å². The number of fused-ring (bicyclic) bond motifs is 1. The van der Waals surface area contributed by atoms with Crippen LogP contribution in [0.15, 0.2) is 29.1 Å². The Kier molecular flexibility index (Phi) is 4.54. The number of rotatable bonds is 2. The number of nitrogens with zero attached hydrogens (tertiary/aromatic N) is 3. The van der Waals surface area contributed by atoms with E-state index in [9.17, 15) is 4.79 Å². The van der Waals surface area contributed by atoms with Crippen molar-refractivity contribution >= 4 is 16.6 Å². The SMILES string of the molecule is O=c1c2ccccc2c(N2CCCCCC2)nn1C1CCCCC1. The minimum Gasteiger partial charge on any atom is -0.355 e. The summed E-state index contributed by atoms with van der Waals surface area (Å²) in [6.07, 6.45) is 10.9. The molecule has 0 bridgehead atoms. The predicted octanol–water partition coefficient (Wildman–Crippen LogP) is 4.28. The molecule has 4 rings (SSSR count). The highest BCUT2D eigenvalue weighted by Gasteiger charge is 2.22. The lowest BCUT2D eigenvalue weighted by molar-refractivity contribution is 0.320. The van der Waals surface area contributed by atoms with Crippen molar-refractivity contribution < 1.29 is 0 Å². The van der Waals surface area contributed by atoms with Crippen LogP contribution in [0.1, 0.15) is 63.8 Å². The van der Waals surface area contributed by atoms with Gasteiger partial charge in [-0.2, -0.15) is 5.10 Å². The van der Waals surface area contributed by atoms with E-state index in [2.05, 4.69) is 11.0 Å². The standard InChI is InChI=1S/C20H27N3O/c24-20-18-13-7-6-12-17(18)19(22-14-8-1-2-9-15-22)21-23(20)16-10-4-3-5-11-16/h6-7,12-13,16H,1-5,8-11,14-15H2. The number of anilines is 1. The third kappa shape index (κ3) is 2.94. The fraction of sp³-hybridized carbons (Fsp3) is 0.600. The average molecular weight is 325 g/mol. The van der Waals surface area contributed by atoms with Crippen LogP contribution in [0.4, 0.5) is 5.82 Å². The third-order valence-electron chi connectivity index (χ3n) is 5.64. The Morgan fingerprint density at radius 2 is 1.46 bits per heavy atom. The molecule has 0 amide bonds. The summed E-state index contributed by atoms with van der Waals surface area (Å²) in [4.78, 5) is 15.4. The summed E-state index contributed by atoms with van der Waals surface area (Å²) < 4.78 is 1.82. The Morgan fingerprint density at radius 1 is 0.833 bits per heavy atom. The molecule has 2 fully saturated rings. The highest BCUT2D eigenvalue weighted by Crippen LogP contribution is 2.30. The van der Waals surface area contributed by atoms with Crippen LogP contribution in [-0.4, -0.2) is 22.9 Å². The maximum absolute atomic E-state index is 13.0. The van der Waals surface area contributed by atoms with E-state index in [0.29, 0.717) is 0 Å². The second-order valence-corrected chi connectivity index (χ2v) is 7.31. The molecular weight excluding hydrogens is 298 g/mol. The third-order valence-corrected chi connectivity index (χ3v) is 5.64. The molecule has 1 saturated carbocycles. The highest BCUT2D eigenvalue weighted by atomic mass is 16.1. The molecule has 1 aromatic carbocycles. The Labute approximate surface area is 143 Å². The van der Waals surface area contributed by atoms with Crippen molar-refractivity contribution in [2.45, 2.75) is 63.8 Å². The Bertz CT molecular complexity index is 753. The Balaban J connectivity index is 1.84. The lowest BCUT2D eigenvalue weighted by Crippen LogP contribution is -2.33. The second kappa shape index (κ2) is 6.96. The molecule has 1 aliphatic heterocycles. The van der Waals surface area contributed by atoms with Gasteiger partial charge < -0.3 is 4.90 Å². The highest BCUT2D eigenvalue weighted by molar-refractivity contribution is 5.91. The summed E-state index contributed by atoms with van der Waals surface area (Å²) in [5, 5.41) is 6.77. The molecule has 2 aromatic rings. The summed E-state index contributed by atoms with van der Waals surface area (Å²) in [7, 11) is 0. The molecule has 0 unspecified atom stereocenters. The molecule has 4 nitrogen and oxygen atoms in total. The van der Waals surface area contributed by atoms with Crippen molar-refractivity contribution in [1.82, 2.24) is 9.78 Å². The van der Waals surface area contributed by atoms with Gasteiger partial charge in [-0.15, -0.1) is 0 Å². The summed E-state index contributed by atoms with van der Waals surface area (Å²) in [6, 6.07) is 8.31. The van der Waals surface area contributed by atoms with Crippen molar-refractivity contribution in [3.8, 4) is 0 Å². The molecule has 0 spiro atoms. The van der Waals surface area contributed by atoms with Gasteiger partial charge in [0, 0.05) is 18.5 Å². The van der Waals surface area contributed by atoms with Gasteiger partial charge in [-0.3, -0.25) is 4.79 Å². The smallest absolute Gasteiger partial charge is 0.275 e. The summed E-state index contributed by atoms with van der Waals surface area (Å²) in [5.74, 6) is 1.03. The first-order valence-electron chi connectivity index (χ1n) is 9.61. The first-order valence-corrected chi connectivity index (χ1v) is 9.61. The van der Waals surface area contributed by atoms with E-state index in [1.807, 2.05) is 22.9 Å². The van der Waals surface area contributed by atoms with E-state index in [1.165, 1.54) is 44.9 Å². The Hall–Kier alpha value is -1.84. The van der Waals surface area contributed by atoms with Crippen LogP contribution < -0.4 is 10.5 Å². The molecule has 24 heavy (non-hydrogen) atoms. The summed E-state index contributed by atoms with van der Waals surface area (Å²) >= 11 is 0. The van der Waals surface area contributed by atoms with Crippen molar-refractivity contribution in [1.29, 1.82) is 0 Å². The maximum Gasteiger partial charge on any atom is 0.275 e. The fourth-order valence-corrected chi connectivity index (χ4v) is 4.28. The van der Waals surface area contributed by atoms with E-state index in [0.717, 1.165) is 42.5 Å². The van der Waals surface area contributed by atoms with Crippen molar-refractivity contribution in [3.05, 3.63) is 34.6 Å². The van der Waals surface area contributed by atoms with E-state index >= 15 is 0 Å². The number of aromatic nitrogens is 2. The van der Waals surface area contributed by atoms with E-state index < -0.39 is 0 Å². The quantitative estimate of drug-likeness (QED) is 0.827. The van der Waals surface area contributed by atoms with Gasteiger partial charge in [-0.25, -0.2) is 4.68 Å². The average Bonchev–Trinajstić information content (AvgIpc) is 2.92. The largest absolute Gasteiger partial charge is 0.355 e. The topological polar surface area (TPSA) is 38.1 Å². The van der Waals surface area contributed by atoms with Gasteiger partial charge in [0.05, 0.1) is 11.4 Å². The van der Waals surface area contributed by atoms with Crippen LogP contribution in [0.2, 0.25) is 0 Å². The van der Waals surface area contributed by atoms with Gasteiger partial charge in [0.15, 0.2) is 5.82 Å². The molecule has 2 heterocycles. The first kappa shape index (κ1) is 15.7. The van der Waals surface area contributed by atoms with Crippen LogP contribution in [0.5, 0.6) is 0 Å². The van der Waals surface area contributed by atoms with Crippen molar-refractivity contribution in [2.24, 2.45) is 0 Å². The maximum atomic E-state index is 13.0. The van der Waals surface area contributed by atoms with Gasteiger partial charge >= 0.3 is 0 Å². The first-order chi connectivity index (χ1) is 11.8. The summed E-state index contributed by atoms with van der Waals surface area (Å²) in [5.41, 5.74) is 0.0936. The zero-order valence-corrected chi connectivity index (χ0v) is 14.4. The molecule has 128 valence electrons. The van der Waals surface area contributed by atoms with Crippen molar-refractivity contribution in [3.63, 3.8) is 0 Å². The van der Waals surface area contributed by atoms with E-state index in [4.69, 9.17) is 5.10 Å². The van der Waals surface area contributed by atoms with Gasteiger partial charge in [0.1, 0.15) is 0 Å².